The molecule has 0 bridgehead atoms. The van der Waals surface area contributed by atoms with E-state index in [4.69, 9.17) is 4.74 Å². The normalized spacial score (nSPS) is 15.9. The van der Waals surface area contributed by atoms with Crippen LogP contribution >= 0.6 is 0 Å². The highest BCUT2D eigenvalue weighted by Gasteiger charge is 2.26. The van der Waals surface area contributed by atoms with E-state index in [0.717, 1.165) is 18.8 Å². The fourth-order valence-corrected chi connectivity index (χ4v) is 3.12. The second kappa shape index (κ2) is 8.79. The van der Waals surface area contributed by atoms with E-state index in [2.05, 4.69) is 15.5 Å². The maximum Gasteiger partial charge on any atom is 0.313 e. The van der Waals surface area contributed by atoms with Crippen LogP contribution < -0.4 is 10.6 Å². The van der Waals surface area contributed by atoms with Gasteiger partial charge < -0.3 is 19.9 Å². The lowest BCUT2D eigenvalue weighted by Gasteiger charge is -2.34. The molecule has 1 saturated heterocycles. The zero-order valence-electron chi connectivity index (χ0n) is 15.2. The molecule has 2 amide bonds. The summed E-state index contributed by atoms with van der Waals surface area (Å²) >= 11 is 0. The van der Waals surface area contributed by atoms with E-state index < -0.39 is 17.6 Å². The fourth-order valence-electron chi connectivity index (χ4n) is 3.12. The predicted molar refractivity (Wildman–Crippen MR) is 98.6 cm³/mol. The SMILES string of the molecule is Cn1cccc1C(CNC(=O)C(=O)Nc1ccc(F)cc1)N1CCOCC1. The molecule has 2 N–H and O–H groups in total. The zero-order valence-corrected chi connectivity index (χ0v) is 15.2. The minimum Gasteiger partial charge on any atom is -0.379 e. The maximum absolute atomic E-state index is 12.9. The standard InChI is InChI=1S/C19H23FN4O3/c1-23-8-2-3-16(23)17(24-9-11-27-12-10-24)13-21-18(25)19(26)22-15-6-4-14(20)5-7-15/h2-8,17H,9-13H2,1H3,(H,21,25)(H,22,26). The molecule has 1 aliphatic heterocycles. The minimum atomic E-state index is -0.783. The van der Waals surface area contributed by atoms with Gasteiger partial charge in [-0.05, 0) is 36.4 Å². The van der Waals surface area contributed by atoms with E-state index in [1.165, 1.54) is 24.3 Å². The van der Waals surface area contributed by atoms with Crippen molar-refractivity contribution in [2.45, 2.75) is 6.04 Å². The quantitative estimate of drug-likeness (QED) is 0.774. The Kier molecular flexibility index (Phi) is 6.20. The zero-order chi connectivity index (χ0) is 19.2. The molecule has 0 saturated carbocycles. The van der Waals surface area contributed by atoms with E-state index in [0.29, 0.717) is 25.4 Å². The number of halogens is 1. The van der Waals surface area contributed by atoms with Gasteiger partial charge in [0.05, 0.1) is 19.3 Å². The van der Waals surface area contributed by atoms with Crippen molar-refractivity contribution in [1.29, 1.82) is 0 Å². The van der Waals surface area contributed by atoms with Crippen molar-refractivity contribution in [1.82, 2.24) is 14.8 Å². The Balaban J connectivity index is 1.62. The topological polar surface area (TPSA) is 75.6 Å². The number of aryl methyl sites for hydroxylation is 1. The number of hydrogen-bond acceptors (Lipinski definition) is 4. The highest BCUT2D eigenvalue weighted by molar-refractivity contribution is 6.39. The second-order valence-electron chi connectivity index (χ2n) is 6.38. The summed E-state index contributed by atoms with van der Waals surface area (Å²) in [7, 11) is 1.95. The number of anilines is 1. The number of carbonyl (C=O) groups excluding carboxylic acids is 2. The minimum absolute atomic E-state index is 0.0588. The summed E-state index contributed by atoms with van der Waals surface area (Å²) in [4.78, 5) is 26.5. The van der Waals surface area contributed by atoms with Gasteiger partial charge in [0, 0.05) is 44.3 Å². The van der Waals surface area contributed by atoms with Crippen molar-refractivity contribution in [2.75, 3.05) is 38.2 Å². The van der Waals surface area contributed by atoms with Gasteiger partial charge in [0.25, 0.3) is 0 Å². The van der Waals surface area contributed by atoms with Crippen molar-refractivity contribution >= 4 is 17.5 Å². The molecule has 0 spiro atoms. The van der Waals surface area contributed by atoms with Crippen LogP contribution in [0.5, 0.6) is 0 Å². The second-order valence-corrected chi connectivity index (χ2v) is 6.38. The third kappa shape index (κ3) is 4.93. The van der Waals surface area contributed by atoms with Gasteiger partial charge in [0.2, 0.25) is 0 Å². The molecule has 1 fully saturated rings. The molecular weight excluding hydrogens is 351 g/mol. The Morgan fingerprint density at radius 1 is 1.15 bits per heavy atom. The van der Waals surface area contributed by atoms with Crippen LogP contribution in [0.4, 0.5) is 10.1 Å². The molecule has 1 aromatic carbocycles. The fraction of sp³-hybridized carbons (Fsp3) is 0.368. The van der Waals surface area contributed by atoms with Gasteiger partial charge >= 0.3 is 11.8 Å². The highest BCUT2D eigenvalue weighted by Crippen LogP contribution is 2.21. The van der Waals surface area contributed by atoms with Crippen molar-refractivity contribution in [3.05, 3.63) is 54.1 Å². The summed E-state index contributed by atoms with van der Waals surface area (Å²) in [6.07, 6.45) is 1.95. The number of ether oxygens (including phenoxy) is 1. The van der Waals surface area contributed by atoms with Crippen molar-refractivity contribution < 1.29 is 18.7 Å². The number of nitrogens with one attached hydrogen (secondary N) is 2. The molecule has 1 aromatic heterocycles. The number of rotatable bonds is 5. The Morgan fingerprint density at radius 2 is 1.85 bits per heavy atom. The molecule has 2 aromatic rings. The van der Waals surface area contributed by atoms with Crippen molar-refractivity contribution in [2.24, 2.45) is 7.05 Å². The number of morpholine rings is 1. The third-order valence-electron chi connectivity index (χ3n) is 4.58. The molecule has 0 aliphatic carbocycles. The largest absolute Gasteiger partial charge is 0.379 e. The van der Waals surface area contributed by atoms with E-state index >= 15 is 0 Å². The van der Waals surface area contributed by atoms with Crippen LogP contribution in [-0.2, 0) is 21.4 Å². The van der Waals surface area contributed by atoms with Crippen LogP contribution in [0, 0.1) is 5.82 Å². The summed E-state index contributed by atoms with van der Waals surface area (Å²) in [5, 5.41) is 5.17. The van der Waals surface area contributed by atoms with E-state index in [1.54, 1.807) is 0 Å². The monoisotopic (exact) mass is 374 g/mol. The molecule has 7 nitrogen and oxygen atoms in total. The molecule has 144 valence electrons. The van der Waals surface area contributed by atoms with Crippen LogP contribution in [0.15, 0.2) is 42.6 Å². The number of benzene rings is 1. The summed E-state index contributed by atoms with van der Waals surface area (Å²) in [5.41, 5.74) is 1.42. The number of nitrogens with zero attached hydrogens (tertiary/aromatic N) is 2. The summed E-state index contributed by atoms with van der Waals surface area (Å²) in [6.45, 7) is 3.09. The van der Waals surface area contributed by atoms with Crippen LogP contribution in [0.3, 0.4) is 0 Å². The summed E-state index contributed by atoms with van der Waals surface area (Å²) in [5.74, 6) is -1.92. The number of amides is 2. The van der Waals surface area contributed by atoms with Crippen LogP contribution in [0.1, 0.15) is 11.7 Å². The lowest BCUT2D eigenvalue weighted by atomic mass is 10.1. The Morgan fingerprint density at radius 3 is 2.48 bits per heavy atom. The third-order valence-corrected chi connectivity index (χ3v) is 4.58. The molecule has 0 radical (unpaired) electrons. The molecule has 1 aliphatic rings. The molecule has 1 atom stereocenters. The van der Waals surface area contributed by atoms with Gasteiger partial charge in [-0.3, -0.25) is 14.5 Å². The van der Waals surface area contributed by atoms with Gasteiger partial charge in [-0.15, -0.1) is 0 Å². The predicted octanol–water partition coefficient (Wildman–Crippen LogP) is 1.29. The summed E-state index contributed by atoms with van der Waals surface area (Å²) in [6, 6.07) is 9.14. The Hall–Kier alpha value is -2.71. The highest BCUT2D eigenvalue weighted by atomic mass is 19.1. The molecule has 1 unspecified atom stereocenters. The van der Waals surface area contributed by atoms with E-state index in [-0.39, 0.29) is 6.04 Å². The Labute approximate surface area is 157 Å². The van der Waals surface area contributed by atoms with Gasteiger partial charge in [-0.1, -0.05) is 0 Å². The van der Waals surface area contributed by atoms with Gasteiger partial charge in [-0.2, -0.15) is 0 Å². The molecule has 2 heterocycles. The Bertz CT molecular complexity index is 785. The smallest absolute Gasteiger partial charge is 0.313 e. The lowest BCUT2D eigenvalue weighted by Crippen LogP contribution is -2.46. The molecule has 3 rings (SSSR count). The van der Waals surface area contributed by atoms with Crippen molar-refractivity contribution in [3.8, 4) is 0 Å². The first-order valence-electron chi connectivity index (χ1n) is 8.82. The molecule has 27 heavy (non-hydrogen) atoms. The average Bonchev–Trinajstić information content (AvgIpc) is 3.10. The van der Waals surface area contributed by atoms with Gasteiger partial charge in [0.15, 0.2) is 0 Å². The number of hydrogen-bond donors (Lipinski definition) is 2. The van der Waals surface area contributed by atoms with Crippen LogP contribution in [-0.4, -0.2) is 54.1 Å². The van der Waals surface area contributed by atoms with Crippen LogP contribution in [0.25, 0.3) is 0 Å². The van der Waals surface area contributed by atoms with Crippen molar-refractivity contribution in [3.63, 3.8) is 0 Å². The van der Waals surface area contributed by atoms with E-state index in [1.807, 2.05) is 29.9 Å². The first-order valence-corrected chi connectivity index (χ1v) is 8.82. The van der Waals surface area contributed by atoms with Crippen LogP contribution in [0.2, 0.25) is 0 Å². The molecule has 8 heteroatoms. The first-order chi connectivity index (χ1) is 13.0. The summed E-state index contributed by atoms with van der Waals surface area (Å²) < 4.78 is 20.3. The van der Waals surface area contributed by atoms with E-state index in [9.17, 15) is 14.0 Å². The maximum atomic E-state index is 12.9. The average molecular weight is 374 g/mol. The first kappa shape index (κ1) is 19.1. The number of carbonyl (C=O) groups is 2. The number of aromatic nitrogens is 1. The molecular formula is C19H23FN4O3. The van der Waals surface area contributed by atoms with Gasteiger partial charge in [0.1, 0.15) is 5.82 Å². The lowest BCUT2D eigenvalue weighted by molar-refractivity contribution is -0.136. The van der Waals surface area contributed by atoms with Gasteiger partial charge in [-0.25, -0.2) is 4.39 Å².